The number of hydrogen-bond donors (Lipinski definition) is 2. The smallest absolute Gasteiger partial charge is 0.317 e. The average molecular weight is 164 g/mol. The van der Waals surface area contributed by atoms with E-state index in [-0.39, 0.29) is 6.54 Å². The van der Waals surface area contributed by atoms with Crippen LogP contribution in [0, 0.1) is 0 Å². The van der Waals surface area contributed by atoms with E-state index in [1.54, 1.807) is 0 Å². The molecule has 0 radical (unpaired) electrons. The highest BCUT2D eigenvalue weighted by Crippen LogP contribution is 1.90. The summed E-state index contributed by atoms with van der Waals surface area (Å²) >= 11 is 5.32. The largest absolute Gasteiger partial charge is 0.480 e. The summed E-state index contributed by atoms with van der Waals surface area (Å²) < 4.78 is 0. The summed E-state index contributed by atoms with van der Waals surface area (Å²) in [6.07, 6.45) is 0. The second kappa shape index (κ2) is 5.26. The van der Waals surface area contributed by atoms with Gasteiger partial charge in [0.05, 0.1) is 6.54 Å². The van der Waals surface area contributed by atoms with E-state index in [0.717, 1.165) is 5.57 Å². The van der Waals surface area contributed by atoms with Gasteiger partial charge in [0.1, 0.15) is 0 Å². The van der Waals surface area contributed by atoms with Crippen LogP contribution in [0.25, 0.3) is 0 Å². The van der Waals surface area contributed by atoms with Crippen molar-refractivity contribution in [2.45, 2.75) is 6.92 Å². The first kappa shape index (κ1) is 9.46. The van der Waals surface area contributed by atoms with E-state index < -0.39 is 5.97 Å². The van der Waals surface area contributed by atoms with E-state index in [2.05, 4.69) is 5.32 Å². The molecular formula is C6H10ClNO2. The topological polar surface area (TPSA) is 49.3 Å². The van der Waals surface area contributed by atoms with Gasteiger partial charge in [0.2, 0.25) is 0 Å². The molecule has 0 aliphatic heterocycles. The predicted octanol–water partition coefficient (Wildman–Crippen LogP) is 0.803. The molecule has 0 bridgehead atoms. The lowest BCUT2D eigenvalue weighted by Crippen LogP contribution is -2.23. The Morgan fingerprint density at radius 3 is 2.70 bits per heavy atom. The summed E-state index contributed by atoms with van der Waals surface area (Å²) in [6.45, 7) is 2.32. The van der Waals surface area contributed by atoms with Gasteiger partial charge in [0.15, 0.2) is 0 Å². The van der Waals surface area contributed by atoms with E-state index >= 15 is 0 Å². The fourth-order valence-electron chi connectivity index (χ4n) is 0.405. The van der Waals surface area contributed by atoms with Crippen molar-refractivity contribution in [3.63, 3.8) is 0 Å². The maximum atomic E-state index is 9.95. The molecule has 0 unspecified atom stereocenters. The molecule has 2 N–H and O–H groups in total. The zero-order valence-corrected chi connectivity index (χ0v) is 6.48. The minimum Gasteiger partial charge on any atom is -0.480 e. The fraction of sp³-hybridized carbons (Fsp3) is 0.500. The molecule has 0 aliphatic carbocycles. The minimum atomic E-state index is -0.859. The molecule has 0 aromatic carbocycles. The summed E-state index contributed by atoms with van der Waals surface area (Å²) in [5, 5.41) is 10.9. The molecule has 0 aromatic rings. The van der Waals surface area contributed by atoms with Crippen LogP contribution in [0.15, 0.2) is 11.1 Å². The first-order valence-electron chi connectivity index (χ1n) is 2.85. The third-order valence-electron chi connectivity index (χ3n) is 0.866. The third kappa shape index (κ3) is 5.59. The van der Waals surface area contributed by atoms with Gasteiger partial charge >= 0.3 is 5.97 Å². The second-order valence-corrected chi connectivity index (χ2v) is 2.17. The van der Waals surface area contributed by atoms with Crippen molar-refractivity contribution in [3.05, 3.63) is 11.1 Å². The number of carboxylic acid groups (broad SMARTS) is 1. The molecule has 4 heteroatoms. The SMILES string of the molecule is C/C(=C\Cl)CNCC(=O)O. The van der Waals surface area contributed by atoms with Gasteiger partial charge in [0, 0.05) is 12.1 Å². The van der Waals surface area contributed by atoms with Gasteiger partial charge in [-0.1, -0.05) is 11.6 Å². The monoisotopic (exact) mass is 163 g/mol. The van der Waals surface area contributed by atoms with Gasteiger partial charge in [-0.25, -0.2) is 0 Å². The van der Waals surface area contributed by atoms with Crippen LogP contribution in [0.1, 0.15) is 6.92 Å². The number of hydrogen-bond acceptors (Lipinski definition) is 2. The van der Waals surface area contributed by atoms with Gasteiger partial charge < -0.3 is 10.4 Å². The second-order valence-electron chi connectivity index (χ2n) is 1.95. The van der Waals surface area contributed by atoms with Crippen LogP contribution in [-0.4, -0.2) is 24.2 Å². The lowest BCUT2D eigenvalue weighted by molar-refractivity contribution is -0.135. The normalized spacial score (nSPS) is 11.6. The first-order valence-corrected chi connectivity index (χ1v) is 3.29. The molecule has 0 rings (SSSR count). The predicted molar refractivity (Wildman–Crippen MR) is 40.1 cm³/mol. The maximum absolute atomic E-state index is 9.95. The minimum absolute atomic E-state index is 0.0257. The zero-order chi connectivity index (χ0) is 7.98. The van der Waals surface area contributed by atoms with Crippen LogP contribution in [0.5, 0.6) is 0 Å². The zero-order valence-electron chi connectivity index (χ0n) is 5.72. The molecule has 0 aromatic heterocycles. The Balaban J connectivity index is 3.29. The summed E-state index contributed by atoms with van der Waals surface area (Å²) in [5.41, 5.74) is 2.34. The molecule has 0 spiro atoms. The molecule has 0 fully saturated rings. The van der Waals surface area contributed by atoms with Crippen molar-refractivity contribution >= 4 is 17.6 Å². The molecule has 58 valence electrons. The number of aliphatic carboxylic acids is 1. The van der Waals surface area contributed by atoms with Crippen LogP contribution in [0.4, 0.5) is 0 Å². The molecule has 3 nitrogen and oxygen atoms in total. The average Bonchev–Trinajstić information content (AvgIpc) is 1.87. The first-order chi connectivity index (χ1) is 4.66. The summed E-state index contributed by atoms with van der Waals surface area (Å²) in [5.74, 6) is -0.859. The van der Waals surface area contributed by atoms with E-state index in [1.165, 1.54) is 5.54 Å². The molecule has 10 heavy (non-hydrogen) atoms. The Kier molecular flexibility index (Phi) is 4.98. The van der Waals surface area contributed by atoms with Crippen molar-refractivity contribution in [3.8, 4) is 0 Å². The van der Waals surface area contributed by atoms with Gasteiger partial charge in [-0.15, -0.1) is 0 Å². The third-order valence-corrected chi connectivity index (χ3v) is 1.24. The van der Waals surface area contributed by atoms with E-state index in [1.807, 2.05) is 6.92 Å². The number of carbonyl (C=O) groups is 1. The van der Waals surface area contributed by atoms with Crippen LogP contribution in [0.2, 0.25) is 0 Å². The molecular weight excluding hydrogens is 154 g/mol. The van der Waals surface area contributed by atoms with Gasteiger partial charge in [-0.3, -0.25) is 4.79 Å². The Morgan fingerprint density at radius 1 is 1.70 bits per heavy atom. The van der Waals surface area contributed by atoms with Crippen LogP contribution >= 0.6 is 11.6 Å². The van der Waals surface area contributed by atoms with Crippen LogP contribution in [0.3, 0.4) is 0 Å². The van der Waals surface area contributed by atoms with Gasteiger partial charge in [-0.2, -0.15) is 0 Å². The highest BCUT2D eigenvalue weighted by molar-refractivity contribution is 6.25. The fourth-order valence-corrected chi connectivity index (χ4v) is 0.482. The summed E-state index contributed by atoms with van der Waals surface area (Å²) in [4.78, 5) is 9.95. The Hall–Kier alpha value is -0.540. The van der Waals surface area contributed by atoms with E-state index in [9.17, 15) is 4.79 Å². The highest BCUT2D eigenvalue weighted by Gasteiger charge is 1.93. The lowest BCUT2D eigenvalue weighted by atomic mass is 10.3. The van der Waals surface area contributed by atoms with E-state index in [4.69, 9.17) is 16.7 Å². The van der Waals surface area contributed by atoms with Crippen molar-refractivity contribution in [2.24, 2.45) is 0 Å². The van der Waals surface area contributed by atoms with Crippen LogP contribution in [-0.2, 0) is 4.79 Å². The highest BCUT2D eigenvalue weighted by atomic mass is 35.5. The van der Waals surface area contributed by atoms with Crippen molar-refractivity contribution in [1.82, 2.24) is 5.32 Å². The number of rotatable bonds is 4. The summed E-state index contributed by atoms with van der Waals surface area (Å²) in [7, 11) is 0. The molecule has 0 aliphatic rings. The molecule has 0 saturated carbocycles. The summed E-state index contributed by atoms with van der Waals surface area (Å²) in [6, 6.07) is 0. The van der Waals surface area contributed by atoms with Crippen LogP contribution < -0.4 is 5.32 Å². The Bertz CT molecular complexity index is 145. The van der Waals surface area contributed by atoms with Crippen molar-refractivity contribution in [2.75, 3.05) is 13.1 Å². The Labute approximate surface area is 64.7 Å². The van der Waals surface area contributed by atoms with Gasteiger partial charge in [0.25, 0.3) is 0 Å². The standard InChI is InChI=1S/C6H10ClNO2/c1-5(2-7)3-8-4-6(9)10/h2,8H,3-4H2,1H3,(H,9,10)/b5-2+. The number of halogens is 1. The molecule has 0 amide bonds. The van der Waals surface area contributed by atoms with E-state index in [0.29, 0.717) is 6.54 Å². The lowest BCUT2D eigenvalue weighted by Gasteiger charge is -1.98. The maximum Gasteiger partial charge on any atom is 0.317 e. The van der Waals surface area contributed by atoms with Crippen molar-refractivity contribution < 1.29 is 9.90 Å². The Morgan fingerprint density at radius 2 is 2.30 bits per heavy atom. The molecule has 0 atom stereocenters. The quantitative estimate of drug-likeness (QED) is 0.645. The number of carboxylic acids is 1. The van der Waals surface area contributed by atoms with Crippen molar-refractivity contribution in [1.29, 1.82) is 0 Å². The molecule has 0 saturated heterocycles. The molecule has 0 heterocycles. The van der Waals surface area contributed by atoms with Gasteiger partial charge in [-0.05, 0) is 12.5 Å². The number of nitrogens with one attached hydrogen (secondary N) is 1.